The van der Waals surface area contributed by atoms with Gasteiger partial charge in [-0.05, 0) is 12.8 Å². The van der Waals surface area contributed by atoms with Crippen LogP contribution in [-0.4, -0.2) is 58.8 Å². The van der Waals surface area contributed by atoms with Crippen LogP contribution in [-0.2, 0) is 14.4 Å². The van der Waals surface area contributed by atoms with Crippen molar-refractivity contribution in [3.8, 4) is 0 Å². The molecule has 0 saturated carbocycles. The third-order valence-electron chi connectivity index (χ3n) is 7.27. The van der Waals surface area contributed by atoms with Crippen LogP contribution in [0.3, 0.4) is 0 Å². The Hall–Kier alpha value is -1.89. The summed E-state index contributed by atoms with van der Waals surface area (Å²) in [6.45, 7) is 9.71. The topological polar surface area (TPSA) is 115 Å². The molecule has 0 aromatic heterocycles. The predicted molar refractivity (Wildman–Crippen MR) is 138 cm³/mol. The van der Waals surface area contributed by atoms with Crippen LogP contribution in [0.4, 0.5) is 0 Å². The van der Waals surface area contributed by atoms with Crippen LogP contribution in [0.2, 0.25) is 0 Å². The van der Waals surface area contributed by atoms with Crippen molar-refractivity contribution < 1.29 is 34.2 Å². The highest BCUT2D eigenvalue weighted by Gasteiger charge is 2.30. The normalized spacial score (nSPS) is 16.0. The first-order chi connectivity index (χ1) is 16.5. The molecule has 0 bridgehead atoms. The van der Waals surface area contributed by atoms with Crippen molar-refractivity contribution in [1.29, 1.82) is 0 Å². The number of nitrogens with zero attached hydrogens (tertiary/aromatic N) is 1. The van der Waals surface area contributed by atoms with Gasteiger partial charge < -0.3 is 24.6 Å². The van der Waals surface area contributed by atoms with E-state index in [4.69, 9.17) is 0 Å². The average Bonchev–Trinajstić information content (AvgIpc) is 2.82. The number of carbonyl (C=O) groups excluding carboxylic acids is 1. The third-order valence-corrected chi connectivity index (χ3v) is 7.27. The minimum absolute atomic E-state index is 0.424. The minimum atomic E-state index is -1.09. The SMILES string of the molecule is CCCCCCCCC/C=C/CC[N+](CCC(C)C(=O)[O-])(CCC(C)C(=O)O)CCC(C)C(=O)O. The van der Waals surface area contributed by atoms with Gasteiger partial charge in [-0.15, -0.1) is 0 Å². The predicted octanol–water partition coefficient (Wildman–Crippen LogP) is 4.89. The molecule has 0 aliphatic heterocycles. The number of carboxylic acid groups (broad SMARTS) is 3. The number of allylic oxidation sites excluding steroid dienone is 1. The molecule has 204 valence electrons. The number of hydrogen-bond acceptors (Lipinski definition) is 4. The molecule has 0 radical (unpaired) electrons. The van der Waals surface area contributed by atoms with E-state index in [2.05, 4.69) is 19.1 Å². The van der Waals surface area contributed by atoms with Crippen molar-refractivity contribution in [2.45, 2.75) is 105 Å². The first-order valence-corrected chi connectivity index (χ1v) is 13.7. The summed E-state index contributed by atoms with van der Waals surface area (Å²) in [7, 11) is 0. The number of rotatable bonds is 23. The van der Waals surface area contributed by atoms with Crippen molar-refractivity contribution in [2.24, 2.45) is 17.8 Å². The van der Waals surface area contributed by atoms with Gasteiger partial charge in [-0.2, -0.15) is 0 Å². The second-order valence-corrected chi connectivity index (χ2v) is 10.5. The Kier molecular flexibility index (Phi) is 18.3. The van der Waals surface area contributed by atoms with E-state index in [1.807, 2.05) is 0 Å². The Bertz CT molecular complexity index is 573. The fourth-order valence-corrected chi connectivity index (χ4v) is 4.24. The van der Waals surface area contributed by atoms with E-state index in [1.165, 1.54) is 44.9 Å². The van der Waals surface area contributed by atoms with Crippen molar-refractivity contribution in [1.82, 2.24) is 0 Å². The molecule has 0 aliphatic carbocycles. The highest BCUT2D eigenvalue weighted by Crippen LogP contribution is 2.21. The van der Waals surface area contributed by atoms with Gasteiger partial charge >= 0.3 is 11.9 Å². The summed E-state index contributed by atoms with van der Waals surface area (Å²) in [5.41, 5.74) is 0. The summed E-state index contributed by atoms with van der Waals surface area (Å²) in [4.78, 5) is 34.1. The van der Waals surface area contributed by atoms with Gasteiger partial charge in [0.2, 0.25) is 0 Å². The van der Waals surface area contributed by atoms with Crippen LogP contribution in [0.15, 0.2) is 12.2 Å². The van der Waals surface area contributed by atoms with Crippen molar-refractivity contribution in [3.63, 3.8) is 0 Å². The van der Waals surface area contributed by atoms with Gasteiger partial charge in [-0.25, -0.2) is 0 Å². The summed E-state index contributed by atoms with van der Waals surface area (Å²) in [6.07, 6.45) is 16.5. The standard InChI is InChI=1S/C28H51NO6/c1-5-6-7-8-9-10-11-12-13-14-15-19-29(20-16-23(2)26(30)31,21-17-24(3)27(32)33)22-18-25(4)28(34)35/h13-14,23-25H,5-12,15-22H2,1-4H3,(H2-,30,31,32,33,34,35)/b14-13+. The van der Waals surface area contributed by atoms with Crippen LogP contribution in [0.1, 0.15) is 105 Å². The smallest absolute Gasteiger partial charge is 0.306 e. The first kappa shape index (κ1) is 33.1. The number of unbranched alkanes of at least 4 members (excludes halogenated alkanes) is 7. The fourth-order valence-electron chi connectivity index (χ4n) is 4.24. The number of carbonyl (C=O) groups is 3. The van der Waals surface area contributed by atoms with Crippen LogP contribution < -0.4 is 5.11 Å². The monoisotopic (exact) mass is 497 g/mol. The van der Waals surface area contributed by atoms with E-state index in [0.29, 0.717) is 43.4 Å². The third kappa shape index (κ3) is 16.4. The van der Waals surface area contributed by atoms with Gasteiger partial charge in [0.1, 0.15) is 0 Å². The summed E-state index contributed by atoms with van der Waals surface area (Å²) in [5, 5.41) is 30.0. The van der Waals surface area contributed by atoms with Gasteiger partial charge in [0.15, 0.2) is 0 Å². The second-order valence-electron chi connectivity index (χ2n) is 10.5. The zero-order valence-corrected chi connectivity index (χ0v) is 22.7. The van der Waals surface area contributed by atoms with Crippen LogP contribution in [0.25, 0.3) is 0 Å². The molecule has 35 heavy (non-hydrogen) atoms. The molecule has 7 heteroatoms. The Labute approximate surface area is 213 Å². The molecular formula is C28H51NO6. The minimum Gasteiger partial charge on any atom is -0.550 e. The molecule has 0 saturated heterocycles. The number of hydrogen-bond donors (Lipinski definition) is 2. The maximum atomic E-state index is 11.4. The molecular weight excluding hydrogens is 446 g/mol. The largest absolute Gasteiger partial charge is 0.550 e. The van der Waals surface area contributed by atoms with Crippen LogP contribution in [0, 0.1) is 17.8 Å². The zero-order valence-electron chi connectivity index (χ0n) is 22.7. The Balaban J connectivity index is 5.10. The summed E-state index contributed by atoms with van der Waals surface area (Å²) in [6, 6.07) is 0. The first-order valence-electron chi connectivity index (χ1n) is 13.7. The Morgan fingerprint density at radius 3 is 1.57 bits per heavy atom. The molecule has 0 aromatic rings. The number of quaternary nitrogens is 1. The molecule has 0 amide bonds. The molecule has 3 atom stereocenters. The molecule has 7 nitrogen and oxygen atoms in total. The quantitative estimate of drug-likeness (QED) is 0.118. The van der Waals surface area contributed by atoms with Gasteiger partial charge in [0.05, 0.1) is 38.0 Å². The zero-order chi connectivity index (χ0) is 26.7. The van der Waals surface area contributed by atoms with Crippen molar-refractivity contribution in [3.05, 3.63) is 12.2 Å². The van der Waals surface area contributed by atoms with Crippen molar-refractivity contribution >= 4 is 17.9 Å². The van der Waals surface area contributed by atoms with E-state index in [0.717, 1.165) is 19.4 Å². The van der Waals surface area contributed by atoms with E-state index < -0.39 is 35.7 Å². The Morgan fingerprint density at radius 1 is 0.686 bits per heavy atom. The summed E-state index contributed by atoms with van der Waals surface area (Å²) >= 11 is 0. The maximum Gasteiger partial charge on any atom is 0.306 e. The lowest BCUT2D eigenvalue weighted by molar-refractivity contribution is -0.929. The number of aliphatic carboxylic acids is 3. The number of carboxylic acids is 3. The van der Waals surface area contributed by atoms with Crippen LogP contribution in [0.5, 0.6) is 0 Å². The highest BCUT2D eigenvalue weighted by molar-refractivity contribution is 5.69. The molecule has 2 N–H and O–H groups in total. The van der Waals surface area contributed by atoms with Gasteiger partial charge in [-0.3, -0.25) is 9.59 Å². The molecule has 0 heterocycles. The molecule has 0 fully saturated rings. The highest BCUT2D eigenvalue weighted by atomic mass is 16.4. The Morgan fingerprint density at radius 2 is 1.11 bits per heavy atom. The van der Waals surface area contributed by atoms with Crippen LogP contribution >= 0.6 is 0 Å². The molecule has 0 aromatic carbocycles. The summed E-state index contributed by atoms with van der Waals surface area (Å²) in [5.74, 6) is -4.39. The lowest BCUT2D eigenvalue weighted by atomic mass is 10.0. The lowest BCUT2D eigenvalue weighted by Crippen LogP contribution is -2.52. The van der Waals surface area contributed by atoms with Gasteiger partial charge in [-0.1, -0.05) is 78.4 Å². The molecule has 3 unspecified atom stereocenters. The van der Waals surface area contributed by atoms with E-state index in [1.54, 1.807) is 20.8 Å². The van der Waals surface area contributed by atoms with E-state index in [9.17, 15) is 29.7 Å². The molecule has 0 spiro atoms. The van der Waals surface area contributed by atoms with E-state index >= 15 is 0 Å². The molecule has 0 aliphatic rings. The molecule has 0 rings (SSSR count). The van der Waals surface area contributed by atoms with E-state index in [-0.39, 0.29) is 0 Å². The maximum absolute atomic E-state index is 11.4. The van der Waals surface area contributed by atoms with Gasteiger partial charge in [0, 0.05) is 37.6 Å². The van der Waals surface area contributed by atoms with Gasteiger partial charge in [0.25, 0.3) is 0 Å². The van der Waals surface area contributed by atoms with Crippen molar-refractivity contribution in [2.75, 3.05) is 26.2 Å². The average molecular weight is 498 g/mol. The fraction of sp³-hybridized carbons (Fsp3) is 0.821. The second kappa shape index (κ2) is 19.3. The lowest BCUT2D eigenvalue weighted by Gasteiger charge is -2.40. The summed E-state index contributed by atoms with van der Waals surface area (Å²) < 4.78 is 0.536.